The highest BCUT2D eigenvalue weighted by atomic mass is 16.5. The minimum Gasteiger partial charge on any atom is -0.490 e. The van der Waals surface area contributed by atoms with Crippen molar-refractivity contribution in [1.29, 1.82) is 0 Å². The van der Waals surface area contributed by atoms with Crippen LogP contribution < -0.4 is 14.8 Å². The summed E-state index contributed by atoms with van der Waals surface area (Å²) >= 11 is 0. The van der Waals surface area contributed by atoms with Crippen LogP contribution in [-0.2, 0) is 17.8 Å². The zero-order valence-corrected chi connectivity index (χ0v) is 19.4. The van der Waals surface area contributed by atoms with E-state index in [0.717, 1.165) is 56.8 Å². The number of rotatable bonds is 8. The minimum atomic E-state index is 0.0815. The molecule has 172 valence electrons. The monoisotopic (exact) mass is 436 g/mol. The van der Waals surface area contributed by atoms with Crippen LogP contribution in [0.5, 0.6) is 11.5 Å². The van der Waals surface area contributed by atoms with Crippen LogP contribution in [0.15, 0.2) is 48.5 Å². The van der Waals surface area contributed by atoms with Gasteiger partial charge in [0.05, 0.1) is 19.1 Å². The van der Waals surface area contributed by atoms with Crippen molar-refractivity contribution in [3.63, 3.8) is 0 Å². The Hall–Kier alpha value is -2.53. The van der Waals surface area contributed by atoms with Crippen LogP contribution >= 0.6 is 0 Å². The van der Waals surface area contributed by atoms with Crippen LogP contribution in [0.1, 0.15) is 44.2 Å². The van der Waals surface area contributed by atoms with Gasteiger partial charge in [-0.15, -0.1) is 0 Å². The van der Waals surface area contributed by atoms with Crippen molar-refractivity contribution in [2.45, 2.75) is 52.1 Å². The summed E-state index contributed by atoms with van der Waals surface area (Å²) in [5, 5.41) is 3.36. The van der Waals surface area contributed by atoms with Gasteiger partial charge in [0.1, 0.15) is 0 Å². The van der Waals surface area contributed by atoms with Gasteiger partial charge < -0.3 is 14.8 Å². The number of benzene rings is 2. The SMILES string of the molecule is CC(C)C(CCc1ccc2c(c1)OCCCO2)NC(=O)C1CCN(Cc2ccccc2)C1. The second kappa shape index (κ2) is 10.9. The van der Waals surface area contributed by atoms with Crippen LogP contribution in [0, 0.1) is 11.8 Å². The Morgan fingerprint density at radius 1 is 1.06 bits per heavy atom. The van der Waals surface area contributed by atoms with Gasteiger partial charge in [-0.25, -0.2) is 0 Å². The first kappa shape index (κ1) is 22.7. The molecule has 0 radical (unpaired) electrons. The summed E-state index contributed by atoms with van der Waals surface area (Å²) in [7, 11) is 0. The molecule has 0 saturated carbocycles. The van der Waals surface area contributed by atoms with Crippen LogP contribution in [0.3, 0.4) is 0 Å². The van der Waals surface area contributed by atoms with E-state index in [0.29, 0.717) is 19.1 Å². The summed E-state index contributed by atoms with van der Waals surface area (Å²) < 4.78 is 11.6. The highest BCUT2D eigenvalue weighted by molar-refractivity contribution is 5.79. The number of carbonyl (C=O) groups excluding carboxylic acids is 1. The number of hydrogen-bond donors (Lipinski definition) is 1. The molecule has 2 heterocycles. The Bertz CT molecular complexity index is 884. The quantitative estimate of drug-likeness (QED) is 0.665. The lowest BCUT2D eigenvalue weighted by atomic mass is 9.95. The number of carbonyl (C=O) groups is 1. The van der Waals surface area contributed by atoms with Crippen molar-refractivity contribution < 1.29 is 14.3 Å². The molecule has 5 heteroatoms. The Morgan fingerprint density at radius 3 is 2.62 bits per heavy atom. The molecule has 1 fully saturated rings. The normalized spacial score (nSPS) is 19.5. The first-order chi connectivity index (χ1) is 15.6. The Morgan fingerprint density at radius 2 is 1.84 bits per heavy atom. The Labute approximate surface area is 192 Å². The summed E-state index contributed by atoms with van der Waals surface area (Å²) in [6.07, 6.45) is 3.68. The van der Waals surface area contributed by atoms with Crippen molar-refractivity contribution in [1.82, 2.24) is 10.2 Å². The molecule has 2 aromatic rings. The molecule has 0 bridgehead atoms. The first-order valence-electron chi connectivity index (χ1n) is 12.0. The molecule has 2 atom stereocenters. The van der Waals surface area contributed by atoms with Gasteiger partial charge in [0.2, 0.25) is 5.91 Å². The van der Waals surface area contributed by atoms with Crippen molar-refractivity contribution in [3.05, 3.63) is 59.7 Å². The highest BCUT2D eigenvalue weighted by Gasteiger charge is 2.30. The van der Waals surface area contributed by atoms with Crippen LogP contribution in [0.25, 0.3) is 0 Å². The lowest BCUT2D eigenvalue weighted by Crippen LogP contribution is -2.42. The molecule has 5 nitrogen and oxygen atoms in total. The molecule has 1 amide bonds. The lowest BCUT2D eigenvalue weighted by Gasteiger charge is -2.24. The Kier molecular flexibility index (Phi) is 7.69. The van der Waals surface area contributed by atoms with E-state index in [9.17, 15) is 4.79 Å². The van der Waals surface area contributed by atoms with Crippen molar-refractivity contribution >= 4 is 5.91 Å². The fourth-order valence-corrected chi connectivity index (χ4v) is 4.59. The van der Waals surface area contributed by atoms with E-state index < -0.39 is 0 Å². The van der Waals surface area contributed by atoms with E-state index in [1.807, 2.05) is 12.1 Å². The van der Waals surface area contributed by atoms with Crippen LogP contribution in [0.4, 0.5) is 0 Å². The third-order valence-electron chi connectivity index (χ3n) is 6.58. The molecule has 2 aliphatic heterocycles. The van der Waals surface area contributed by atoms with Gasteiger partial charge in [0.25, 0.3) is 0 Å². The van der Waals surface area contributed by atoms with E-state index in [1.165, 1.54) is 11.1 Å². The van der Waals surface area contributed by atoms with Crippen LogP contribution in [-0.4, -0.2) is 43.2 Å². The summed E-state index contributed by atoms with van der Waals surface area (Å²) in [5.74, 6) is 2.35. The van der Waals surface area contributed by atoms with E-state index in [1.54, 1.807) is 0 Å². The standard InChI is InChI=1S/C27H36N2O3/c1-20(2)24(11-9-21-10-12-25-26(17-21)32-16-6-15-31-25)28-27(30)23-13-14-29(19-23)18-22-7-4-3-5-8-22/h3-5,7-8,10,12,17,20,23-24H,6,9,11,13-16,18-19H2,1-2H3,(H,28,30). The number of nitrogens with one attached hydrogen (secondary N) is 1. The van der Waals surface area contributed by atoms with Gasteiger partial charge in [-0.3, -0.25) is 9.69 Å². The molecule has 0 aromatic heterocycles. The van der Waals surface area contributed by atoms with E-state index in [-0.39, 0.29) is 17.9 Å². The fraction of sp³-hybridized carbons (Fsp3) is 0.519. The van der Waals surface area contributed by atoms with Gasteiger partial charge in [-0.2, -0.15) is 0 Å². The number of ether oxygens (including phenoxy) is 2. The second-order valence-corrected chi connectivity index (χ2v) is 9.44. The highest BCUT2D eigenvalue weighted by Crippen LogP contribution is 2.31. The second-order valence-electron chi connectivity index (χ2n) is 9.44. The zero-order valence-electron chi connectivity index (χ0n) is 19.4. The maximum absolute atomic E-state index is 13.0. The summed E-state index contributed by atoms with van der Waals surface area (Å²) in [5.41, 5.74) is 2.53. The lowest BCUT2D eigenvalue weighted by molar-refractivity contribution is -0.125. The molecule has 1 saturated heterocycles. The number of aryl methyl sites for hydroxylation is 1. The zero-order chi connectivity index (χ0) is 22.3. The molecule has 1 N–H and O–H groups in total. The fourth-order valence-electron chi connectivity index (χ4n) is 4.59. The summed E-state index contributed by atoms with van der Waals surface area (Å²) in [4.78, 5) is 15.4. The van der Waals surface area contributed by atoms with Gasteiger partial charge in [-0.1, -0.05) is 50.2 Å². The molecule has 2 aliphatic rings. The van der Waals surface area contributed by atoms with Gasteiger partial charge >= 0.3 is 0 Å². The number of fused-ring (bicyclic) bond motifs is 1. The predicted molar refractivity (Wildman–Crippen MR) is 127 cm³/mol. The van der Waals surface area contributed by atoms with Gasteiger partial charge in [0, 0.05) is 25.6 Å². The minimum absolute atomic E-state index is 0.0815. The molecule has 2 aromatic carbocycles. The molecule has 0 aliphatic carbocycles. The Balaban J connectivity index is 1.29. The average Bonchev–Trinajstić information content (AvgIpc) is 3.13. The number of nitrogens with zero attached hydrogens (tertiary/aromatic N) is 1. The largest absolute Gasteiger partial charge is 0.490 e. The number of hydrogen-bond acceptors (Lipinski definition) is 4. The van der Waals surface area contributed by atoms with Crippen molar-refractivity contribution in [3.8, 4) is 11.5 Å². The van der Waals surface area contributed by atoms with E-state index >= 15 is 0 Å². The first-order valence-corrected chi connectivity index (χ1v) is 12.0. The number of likely N-dealkylation sites (tertiary alicyclic amines) is 1. The molecule has 4 rings (SSSR count). The molecule has 32 heavy (non-hydrogen) atoms. The molecule has 2 unspecified atom stereocenters. The molecular weight excluding hydrogens is 400 g/mol. The maximum atomic E-state index is 13.0. The van der Waals surface area contributed by atoms with Crippen molar-refractivity contribution in [2.75, 3.05) is 26.3 Å². The van der Waals surface area contributed by atoms with Crippen LogP contribution in [0.2, 0.25) is 0 Å². The number of amides is 1. The molecular formula is C27H36N2O3. The topological polar surface area (TPSA) is 50.8 Å². The third kappa shape index (κ3) is 6.04. The van der Waals surface area contributed by atoms with E-state index in [4.69, 9.17) is 9.47 Å². The predicted octanol–water partition coefficient (Wildman–Crippen LogP) is 4.44. The smallest absolute Gasteiger partial charge is 0.224 e. The summed E-state index contributed by atoms with van der Waals surface area (Å²) in [6.45, 7) is 8.53. The third-order valence-corrected chi connectivity index (χ3v) is 6.58. The van der Waals surface area contributed by atoms with E-state index in [2.05, 4.69) is 60.5 Å². The summed E-state index contributed by atoms with van der Waals surface area (Å²) in [6, 6.07) is 16.9. The van der Waals surface area contributed by atoms with Gasteiger partial charge in [0.15, 0.2) is 11.5 Å². The maximum Gasteiger partial charge on any atom is 0.224 e. The van der Waals surface area contributed by atoms with Crippen molar-refractivity contribution in [2.24, 2.45) is 11.8 Å². The molecule has 0 spiro atoms. The average molecular weight is 437 g/mol. The van der Waals surface area contributed by atoms with Gasteiger partial charge in [-0.05, 0) is 55.0 Å².